The fraction of sp³-hybridized carbons (Fsp3) is 0.176. The van der Waals surface area contributed by atoms with Crippen molar-refractivity contribution in [1.29, 1.82) is 0 Å². The maximum absolute atomic E-state index is 13.2. The van der Waals surface area contributed by atoms with Crippen molar-refractivity contribution in [3.8, 4) is 17.1 Å². The lowest BCUT2D eigenvalue weighted by Gasteiger charge is -2.14. The van der Waals surface area contributed by atoms with Gasteiger partial charge in [0.1, 0.15) is 11.4 Å². The van der Waals surface area contributed by atoms with Crippen LogP contribution in [0.15, 0.2) is 46.9 Å². The van der Waals surface area contributed by atoms with Crippen molar-refractivity contribution in [3.63, 3.8) is 0 Å². The summed E-state index contributed by atoms with van der Waals surface area (Å²) in [5.74, 6) is 0.871. The molecule has 6 heteroatoms. The zero-order valence-electron chi connectivity index (χ0n) is 13.1. The van der Waals surface area contributed by atoms with Crippen molar-refractivity contribution in [3.05, 3.63) is 48.3 Å². The van der Waals surface area contributed by atoms with E-state index in [0.29, 0.717) is 17.1 Å². The van der Waals surface area contributed by atoms with Crippen molar-refractivity contribution in [1.82, 2.24) is 5.48 Å². The predicted molar refractivity (Wildman–Crippen MR) is 93.2 cm³/mol. The van der Waals surface area contributed by atoms with E-state index in [1.807, 2.05) is 35.8 Å². The van der Waals surface area contributed by atoms with Crippen LogP contribution in [-0.2, 0) is 0 Å². The lowest BCUT2D eigenvalue weighted by molar-refractivity contribution is 0.226. The molecule has 0 saturated heterocycles. The van der Waals surface area contributed by atoms with E-state index in [9.17, 15) is 4.39 Å². The average molecular weight is 332 g/mol. The quantitative estimate of drug-likeness (QED) is 0.551. The van der Waals surface area contributed by atoms with Gasteiger partial charge in [0, 0.05) is 32.0 Å². The first-order valence-electron chi connectivity index (χ1n) is 7.08. The van der Waals surface area contributed by atoms with Gasteiger partial charge in [0.25, 0.3) is 0 Å². The van der Waals surface area contributed by atoms with Crippen LogP contribution in [0.25, 0.3) is 22.3 Å². The average Bonchev–Trinajstić information content (AvgIpc) is 2.93. The monoisotopic (exact) mass is 332 g/mol. The molecule has 3 rings (SSSR count). The van der Waals surface area contributed by atoms with E-state index < -0.39 is 0 Å². The second-order valence-corrected chi connectivity index (χ2v) is 5.85. The molecule has 0 radical (unpaired) electrons. The van der Waals surface area contributed by atoms with Crippen molar-refractivity contribution in [2.45, 2.75) is 0 Å². The van der Waals surface area contributed by atoms with Crippen LogP contribution in [0.5, 0.6) is 5.75 Å². The number of hydrogen-bond donors (Lipinski definition) is 1. The number of nitrogens with one attached hydrogen (secondary N) is 1. The number of benzene rings is 2. The topological polar surface area (TPSA) is 37.6 Å². The number of anilines is 1. The largest absolute Gasteiger partial charge is 0.452 e. The van der Waals surface area contributed by atoms with Crippen LogP contribution in [0, 0.1) is 5.82 Å². The summed E-state index contributed by atoms with van der Waals surface area (Å²) in [6.45, 7) is 0. The van der Waals surface area contributed by atoms with E-state index in [1.165, 1.54) is 12.1 Å². The van der Waals surface area contributed by atoms with Crippen LogP contribution < -0.4 is 14.6 Å². The van der Waals surface area contributed by atoms with Crippen molar-refractivity contribution >= 4 is 28.6 Å². The highest BCUT2D eigenvalue weighted by molar-refractivity contribution is 7.99. The Kier molecular flexibility index (Phi) is 4.45. The summed E-state index contributed by atoms with van der Waals surface area (Å²) in [6, 6.07) is 12.1. The normalized spacial score (nSPS) is 11.0. The van der Waals surface area contributed by atoms with Gasteiger partial charge in [-0.2, -0.15) is 5.48 Å². The number of nitrogens with zero attached hydrogens (tertiary/aromatic N) is 1. The molecule has 23 heavy (non-hydrogen) atoms. The summed E-state index contributed by atoms with van der Waals surface area (Å²) in [4.78, 5) is 5.55. The number of halogens is 1. The zero-order chi connectivity index (χ0) is 16.4. The van der Waals surface area contributed by atoms with E-state index >= 15 is 0 Å². The molecular formula is C17H17FN2O2S. The van der Waals surface area contributed by atoms with Crippen LogP contribution in [0.3, 0.4) is 0 Å². The minimum absolute atomic E-state index is 0.287. The van der Waals surface area contributed by atoms with Crippen molar-refractivity contribution < 1.29 is 13.6 Å². The minimum atomic E-state index is -0.287. The Morgan fingerprint density at radius 1 is 1.17 bits per heavy atom. The summed E-state index contributed by atoms with van der Waals surface area (Å²) < 4.78 is 21.2. The van der Waals surface area contributed by atoms with Gasteiger partial charge in [-0.3, -0.25) is 0 Å². The van der Waals surface area contributed by atoms with Gasteiger partial charge >= 0.3 is 0 Å². The van der Waals surface area contributed by atoms with E-state index in [2.05, 4.69) is 5.48 Å². The highest BCUT2D eigenvalue weighted by atomic mass is 32.2. The molecule has 1 aromatic heterocycles. The third-order valence-corrected chi connectivity index (χ3v) is 4.33. The third-order valence-electron chi connectivity index (χ3n) is 3.58. The Bertz CT molecular complexity index is 817. The molecule has 2 aromatic carbocycles. The molecule has 0 saturated carbocycles. The fourth-order valence-corrected chi connectivity index (χ4v) is 2.68. The van der Waals surface area contributed by atoms with Crippen LogP contribution in [0.4, 0.5) is 10.1 Å². The fourth-order valence-electron chi connectivity index (χ4n) is 2.36. The van der Waals surface area contributed by atoms with Gasteiger partial charge in [0.05, 0.1) is 11.1 Å². The first-order chi connectivity index (χ1) is 11.1. The third kappa shape index (κ3) is 3.00. The summed E-state index contributed by atoms with van der Waals surface area (Å²) in [6.07, 6.45) is 2.01. The van der Waals surface area contributed by atoms with E-state index in [-0.39, 0.29) is 5.82 Å². The van der Waals surface area contributed by atoms with Crippen LogP contribution in [0.2, 0.25) is 0 Å². The zero-order valence-corrected chi connectivity index (χ0v) is 13.9. The van der Waals surface area contributed by atoms with Gasteiger partial charge in [-0.1, -0.05) is 11.9 Å². The molecule has 1 N–H and O–H groups in total. The standard InChI is InChI=1S/C17H17FN2O2S/c1-19-22-17-14-9-8-13(20(2)23-3)10-15(14)21-16(17)11-4-6-12(18)7-5-11/h4-10,19H,1-3H3. The first kappa shape index (κ1) is 15.7. The molecule has 0 amide bonds. The van der Waals surface area contributed by atoms with Crippen LogP contribution in [-0.4, -0.2) is 20.4 Å². The molecule has 0 aliphatic heterocycles. The Labute approximate surface area is 138 Å². The van der Waals surface area contributed by atoms with Gasteiger partial charge in [0.15, 0.2) is 5.76 Å². The molecular weight excluding hydrogens is 315 g/mol. The Hall–Kier alpha value is -2.18. The molecule has 0 unspecified atom stereocenters. The highest BCUT2D eigenvalue weighted by Gasteiger charge is 2.18. The summed E-state index contributed by atoms with van der Waals surface area (Å²) >= 11 is 1.61. The highest BCUT2D eigenvalue weighted by Crippen LogP contribution is 2.41. The molecule has 0 atom stereocenters. The maximum Gasteiger partial charge on any atom is 0.201 e. The molecule has 0 aliphatic carbocycles. The van der Waals surface area contributed by atoms with E-state index in [0.717, 1.165) is 16.6 Å². The Morgan fingerprint density at radius 3 is 2.57 bits per heavy atom. The maximum atomic E-state index is 13.2. The van der Waals surface area contributed by atoms with Crippen LogP contribution in [0.1, 0.15) is 0 Å². The minimum Gasteiger partial charge on any atom is -0.452 e. The second-order valence-electron chi connectivity index (χ2n) is 4.93. The first-order valence-corrected chi connectivity index (χ1v) is 8.26. The second kappa shape index (κ2) is 6.52. The number of hydrogen-bond acceptors (Lipinski definition) is 5. The molecule has 0 bridgehead atoms. The molecule has 0 aliphatic rings. The van der Waals surface area contributed by atoms with E-state index in [4.69, 9.17) is 9.25 Å². The van der Waals surface area contributed by atoms with Gasteiger partial charge < -0.3 is 13.6 Å². The molecule has 0 fully saturated rings. The number of fused-ring (bicyclic) bond motifs is 1. The van der Waals surface area contributed by atoms with Gasteiger partial charge in [0.2, 0.25) is 5.75 Å². The summed E-state index contributed by atoms with van der Waals surface area (Å²) in [5, 5.41) is 0.858. The molecule has 3 aromatic rings. The SMILES string of the molecule is CNOc1c(-c2ccc(F)cc2)oc2cc(N(C)SC)ccc12. The lowest BCUT2D eigenvalue weighted by Crippen LogP contribution is -2.11. The molecule has 4 nitrogen and oxygen atoms in total. The van der Waals surface area contributed by atoms with Crippen LogP contribution >= 0.6 is 11.9 Å². The van der Waals surface area contributed by atoms with Gasteiger partial charge in [-0.25, -0.2) is 4.39 Å². The van der Waals surface area contributed by atoms with Gasteiger partial charge in [-0.05, 0) is 36.4 Å². The Morgan fingerprint density at radius 2 is 1.91 bits per heavy atom. The molecule has 1 heterocycles. The smallest absolute Gasteiger partial charge is 0.201 e. The number of rotatable bonds is 5. The summed E-state index contributed by atoms with van der Waals surface area (Å²) in [7, 11) is 3.67. The number of furan rings is 1. The Balaban J connectivity index is 2.16. The van der Waals surface area contributed by atoms with Crippen molar-refractivity contribution in [2.75, 3.05) is 24.7 Å². The summed E-state index contributed by atoms with van der Waals surface area (Å²) in [5.41, 5.74) is 5.18. The van der Waals surface area contributed by atoms with Gasteiger partial charge in [-0.15, -0.1) is 0 Å². The predicted octanol–water partition coefficient (Wildman–Crippen LogP) is 4.47. The molecule has 120 valence electrons. The number of hydroxylamine groups is 1. The van der Waals surface area contributed by atoms with E-state index in [1.54, 1.807) is 31.1 Å². The molecule has 0 spiro atoms. The lowest BCUT2D eigenvalue weighted by atomic mass is 10.1. The van der Waals surface area contributed by atoms with Crippen molar-refractivity contribution in [2.24, 2.45) is 0 Å².